The number of ether oxygens (including phenoxy) is 2. The molecule has 0 radical (unpaired) electrons. The lowest BCUT2D eigenvalue weighted by atomic mass is 10.0. The van der Waals surface area contributed by atoms with E-state index >= 15 is 0 Å². The van der Waals surface area contributed by atoms with Crippen molar-refractivity contribution in [1.82, 2.24) is 9.80 Å². The molecule has 35 heavy (non-hydrogen) atoms. The predicted molar refractivity (Wildman–Crippen MR) is 128 cm³/mol. The van der Waals surface area contributed by atoms with E-state index in [9.17, 15) is 14.4 Å². The van der Waals surface area contributed by atoms with E-state index in [4.69, 9.17) is 9.47 Å². The van der Waals surface area contributed by atoms with E-state index < -0.39 is 11.8 Å². The van der Waals surface area contributed by atoms with E-state index in [1.165, 1.54) is 0 Å². The van der Waals surface area contributed by atoms with E-state index in [1.807, 2.05) is 47.4 Å². The predicted octanol–water partition coefficient (Wildman–Crippen LogP) is 2.82. The van der Waals surface area contributed by atoms with Crippen LogP contribution in [0.3, 0.4) is 0 Å². The molecule has 182 valence electrons. The van der Waals surface area contributed by atoms with Crippen LogP contribution in [0.4, 0.5) is 5.69 Å². The van der Waals surface area contributed by atoms with Crippen molar-refractivity contribution in [2.24, 2.45) is 0 Å². The number of anilines is 1. The molecule has 0 unspecified atom stereocenters. The van der Waals surface area contributed by atoms with E-state index in [-0.39, 0.29) is 17.7 Å². The average Bonchev–Trinajstić information content (AvgIpc) is 3.56. The molecule has 0 saturated carbocycles. The Morgan fingerprint density at radius 3 is 2.40 bits per heavy atom. The molecule has 1 atom stereocenters. The number of nitrogens with zero attached hydrogens (tertiary/aromatic N) is 3. The van der Waals surface area contributed by atoms with E-state index in [1.54, 1.807) is 15.9 Å². The molecule has 8 heteroatoms. The minimum Gasteiger partial charge on any atom is -0.347 e. The van der Waals surface area contributed by atoms with Gasteiger partial charge in [-0.3, -0.25) is 14.4 Å². The van der Waals surface area contributed by atoms with Crippen molar-refractivity contribution in [3.05, 3.63) is 65.2 Å². The zero-order chi connectivity index (χ0) is 24.0. The first-order chi connectivity index (χ1) is 17.0. The molecule has 2 aromatic rings. The molecule has 3 amide bonds. The van der Waals surface area contributed by atoms with Gasteiger partial charge in [-0.15, -0.1) is 0 Å². The van der Waals surface area contributed by atoms with Gasteiger partial charge in [-0.05, 0) is 42.7 Å². The summed E-state index contributed by atoms with van der Waals surface area (Å²) in [6, 6.07) is 14.4. The van der Waals surface area contributed by atoms with E-state index in [2.05, 4.69) is 0 Å². The highest BCUT2D eigenvalue weighted by Crippen LogP contribution is 2.34. The molecule has 8 nitrogen and oxygen atoms in total. The van der Waals surface area contributed by atoms with Gasteiger partial charge in [-0.1, -0.05) is 24.3 Å². The van der Waals surface area contributed by atoms with Crippen molar-refractivity contribution in [1.29, 1.82) is 0 Å². The highest BCUT2D eigenvalue weighted by molar-refractivity contribution is 6.11. The lowest BCUT2D eigenvalue weighted by molar-refractivity contribution is -0.181. The lowest BCUT2D eigenvalue weighted by Crippen LogP contribution is -2.47. The number of benzene rings is 2. The first-order valence-corrected chi connectivity index (χ1v) is 12.4. The van der Waals surface area contributed by atoms with Crippen LogP contribution in [-0.4, -0.2) is 72.2 Å². The molecule has 3 saturated heterocycles. The van der Waals surface area contributed by atoms with Crippen molar-refractivity contribution >= 4 is 23.4 Å². The molecule has 2 aromatic carbocycles. The summed E-state index contributed by atoms with van der Waals surface area (Å²) in [4.78, 5) is 44.9. The first kappa shape index (κ1) is 22.2. The van der Waals surface area contributed by atoms with Crippen molar-refractivity contribution in [3.8, 4) is 0 Å². The Balaban J connectivity index is 1.19. The maximum Gasteiger partial charge on any atom is 0.256 e. The van der Waals surface area contributed by atoms with Crippen LogP contribution >= 0.6 is 0 Å². The standard InChI is InChI=1S/C27H29N3O5/c31-24(28-14-11-27(12-15-28)34-16-17-35-27)20-9-7-19(8-10-20)18-30-22-5-2-1-4-21(22)25(32)29-13-3-6-23(29)26(30)33/h1-2,4-5,7-10,23H,3,6,11-18H2/t23-/m0/s1. The lowest BCUT2D eigenvalue weighted by Gasteiger charge is -2.37. The number of amides is 3. The van der Waals surface area contributed by atoms with Gasteiger partial charge in [0.15, 0.2) is 5.79 Å². The molecule has 4 aliphatic rings. The molecular weight excluding hydrogens is 446 g/mol. The number of piperidine rings is 1. The molecule has 3 fully saturated rings. The topological polar surface area (TPSA) is 79.4 Å². The largest absolute Gasteiger partial charge is 0.347 e. The number of carbonyl (C=O) groups excluding carboxylic acids is 3. The number of hydrogen-bond donors (Lipinski definition) is 0. The normalized spacial score (nSPS) is 23.4. The third-order valence-electron chi connectivity index (χ3n) is 7.66. The van der Waals surface area contributed by atoms with Gasteiger partial charge in [0, 0.05) is 38.0 Å². The maximum absolute atomic E-state index is 13.5. The molecule has 4 aliphatic heterocycles. The van der Waals surface area contributed by atoms with Crippen molar-refractivity contribution in [2.75, 3.05) is 37.7 Å². The third kappa shape index (κ3) is 3.90. The van der Waals surface area contributed by atoms with Crippen molar-refractivity contribution < 1.29 is 23.9 Å². The zero-order valence-electron chi connectivity index (χ0n) is 19.7. The molecule has 6 rings (SSSR count). The fourth-order valence-corrected chi connectivity index (χ4v) is 5.73. The summed E-state index contributed by atoms with van der Waals surface area (Å²) < 4.78 is 11.5. The number of para-hydroxylation sites is 1. The molecule has 0 aliphatic carbocycles. The highest BCUT2D eigenvalue weighted by atomic mass is 16.7. The van der Waals surface area contributed by atoms with Crippen LogP contribution in [-0.2, 0) is 20.8 Å². The van der Waals surface area contributed by atoms with Crippen LogP contribution in [0.5, 0.6) is 0 Å². The molecular formula is C27H29N3O5. The van der Waals surface area contributed by atoms with E-state index in [0.29, 0.717) is 75.5 Å². The van der Waals surface area contributed by atoms with Gasteiger partial charge in [-0.25, -0.2) is 0 Å². The van der Waals surface area contributed by atoms with Gasteiger partial charge in [0.05, 0.1) is 31.0 Å². The second-order valence-corrected chi connectivity index (χ2v) is 9.69. The summed E-state index contributed by atoms with van der Waals surface area (Å²) in [5.41, 5.74) is 2.75. The second kappa shape index (κ2) is 8.77. The van der Waals surface area contributed by atoms with E-state index in [0.717, 1.165) is 12.0 Å². The Hall–Kier alpha value is -3.23. The van der Waals surface area contributed by atoms with Crippen LogP contribution in [0.1, 0.15) is 52.0 Å². The average molecular weight is 476 g/mol. The van der Waals surface area contributed by atoms with Gasteiger partial charge in [0.2, 0.25) is 5.91 Å². The third-order valence-corrected chi connectivity index (χ3v) is 7.66. The van der Waals surface area contributed by atoms with Gasteiger partial charge < -0.3 is 24.2 Å². The van der Waals surface area contributed by atoms with Gasteiger partial charge in [0.1, 0.15) is 6.04 Å². The van der Waals surface area contributed by atoms with Gasteiger partial charge in [0.25, 0.3) is 11.8 Å². The van der Waals surface area contributed by atoms with Crippen LogP contribution in [0.15, 0.2) is 48.5 Å². The monoisotopic (exact) mass is 475 g/mol. The Bertz CT molecular complexity index is 1150. The Kier molecular flexibility index (Phi) is 5.57. The Morgan fingerprint density at radius 1 is 0.943 bits per heavy atom. The van der Waals surface area contributed by atoms with Crippen LogP contribution in [0.25, 0.3) is 0 Å². The minimum atomic E-state index is -0.507. The number of hydrogen-bond acceptors (Lipinski definition) is 5. The molecule has 0 aromatic heterocycles. The summed E-state index contributed by atoms with van der Waals surface area (Å²) in [5, 5.41) is 0. The summed E-state index contributed by atoms with van der Waals surface area (Å²) >= 11 is 0. The molecule has 0 bridgehead atoms. The number of likely N-dealkylation sites (tertiary alicyclic amines) is 1. The molecule has 0 N–H and O–H groups in total. The zero-order valence-corrected chi connectivity index (χ0v) is 19.7. The van der Waals surface area contributed by atoms with Gasteiger partial charge >= 0.3 is 0 Å². The number of carbonyl (C=O) groups is 3. The maximum atomic E-state index is 13.5. The second-order valence-electron chi connectivity index (χ2n) is 9.69. The van der Waals surface area contributed by atoms with Gasteiger partial charge in [-0.2, -0.15) is 0 Å². The molecule has 1 spiro atoms. The van der Waals surface area contributed by atoms with Crippen LogP contribution < -0.4 is 4.90 Å². The fraction of sp³-hybridized carbons (Fsp3) is 0.444. The first-order valence-electron chi connectivity index (χ1n) is 12.4. The van der Waals surface area contributed by atoms with Crippen LogP contribution in [0.2, 0.25) is 0 Å². The summed E-state index contributed by atoms with van der Waals surface area (Å²) in [6.45, 7) is 3.41. The number of fused-ring (bicyclic) bond motifs is 2. The number of rotatable bonds is 3. The Morgan fingerprint density at radius 2 is 1.66 bits per heavy atom. The van der Waals surface area contributed by atoms with Crippen molar-refractivity contribution in [3.63, 3.8) is 0 Å². The fourth-order valence-electron chi connectivity index (χ4n) is 5.73. The summed E-state index contributed by atoms with van der Waals surface area (Å²) in [6.07, 6.45) is 2.90. The van der Waals surface area contributed by atoms with Crippen LogP contribution in [0, 0.1) is 0 Å². The van der Waals surface area contributed by atoms with Crippen molar-refractivity contribution in [2.45, 2.75) is 44.1 Å². The Labute approximate surface area is 204 Å². The smallest absolute Gasteiger partial charge is 0.256 e. The molecule has 4 heterocycles. The highest BCUT2D eigenvalue weighted by Gasteiger charge is 2.42. The minimum absolute atomic E-state index is 0.00668. The summed E-state index contributed by atoms with van der Waals surface area (Å²) in [5.74, 6) is -0.628. The summed E-state index contributed by atoms with van der Waals surface area (Å²) in [7, 11) is 0. The quantitative estimate of drug-likeness (QED) is 0.682. The SMILES string of the molecule is O=C(c1ccc(CN2C(=O)[C@@H]3CCCN3C(=O)c3ccccc32)cc1)N1CCC2(CC1)OCCO2.